The molecule has 0 aliphatic heterocycles. The van der Waals surface area contributed by atoms with E-state index < -0.39 is 11.9 Å². The fourth-order valence-electron chi connectivity index (χ4n) is 2.94. The van der Waals surface area contributed by atoms with Crippen molar-refractivity contribution in [2.24, 2.45) is 5.73 Å². The minimum atomic E-state index is -0.586. The Kier molecular flexibility index (Phi) is 6.09. The fourth-order valence-corrected chi connectivity index (χ4v) is 3.67. The van der Waals surface area contributed by atoms with Gasteiger partial charge in [0.1, 0.15) is 5.75 Å². The van der Waals surface area contributed by atoms with Crippen LogP contribution in [0.3, 0.4) is 0 Å². The summed E-state index contributed by atoms with van der Waals surface area (Å²) in [5, 5.41) is 9.20. The largest absolute Gasteiger partial charge is 0.426 e. The van der Waals surface area contributed by atoms with Crippen molar-refractivity contribution in [2.75, 3.05) is 5.75 Å². The van der Waals surface area contributed by atoms with E-state index in [1.807, 2.05) is 65.2 Å². The maximum absolute atomic E-state index is 12.4. The van der Waals surface area contributed by atoms with Gasteiger partial charge in [0.05, 0.1) is 5.75 Å². The lowest BCUT2D eigenvalue weighted by Gasteiger charge is -2.10. The summed E-state index contributed by atoms with van der Waals surface area (Å²) in [6, 6.07) is 25.6. The van der Waals surface area contributed by atoms with Crippen LogP contribution in [0.1, 0.15) is 10.4 Å². The summed E-state index contributed by atoms with van der Waals surface area (Å²) < 4.78 is 7.24. The first-order valence-corrected chi connectivity index (χ1v) is 10.4. The number of esters is 1. The molecule has 1 aromatic heterocycles. The second kappa shape index (κ2) is 9.27. The van der Waals surface area contributed by atoms with Crippen molar-refractivity contribution in [1.29, 1.82) is 0 Å². The summed E-state index contributed by atoms with van der Waals surface area (Å²) in [6.07, 6.45) is 0. The van der Waals surface area contributed by atoms with Crippen LogP contribution in [0.5, 0.6) is 5.75 Å². The summed E-state index contributed by atoms with van der Waals surface area (Å²) in [7, 11) is 0. The normalized spacial score (nSPS) is 10.6. The number of amides is 1. The molecule has 0 spiro atoms. The molecule has 0 saturated heterocycles. The van der Waals surface area contributed by atoms with Gasteiger partial charge in [-0.15, -0.1) is 10.2 Å². The lowest BCUT2D eigenvalue weighted by Crippen LogP contribution is -2.14. The first-order valence-electron chi connectivity index (χ1n) is 9.41. The van der Waals surface area contributed by atoms with Crippen molar-refractivity contribution >= 4 is 23.6 Å². The molecule has 3 aromatic carbocycles. The van der Waals surface area contributed by atoms with Crippen LogP contribution in [0, 0.1) is 0 Å². The molecule has 0 atom stereocenters. The Hall–Kier alpha value is -3.91. The van der Waals surface area contributed by atoms with E-state index in [9.17, 15) is 9.59 Å². The number of thioether (sulfide) groups is 1. The molecule has 0 aliphatic rings. The lowest BCUT2D eigenvalue weighted by atomic mass is 10.2. The zero-order chi connectivity index (χ0) is 21.6. The molecule has 1 heterocycles. The van der Waals surface area contributed by atoms with Crippen molar-refractivity contribution < 1.29 is 14.3 Å². The number of ether oxygens (including phenoxy) is 1. The van der Waals surface area contributed by atoms with E-state index in [0.717, 1.165) is 11.3 Å². The predicted octanol–water partition coefficient (Wildman–Crippen LogP) is 3.73. The third kappa shape index (κ3) is 4.81. The minimum absolute atomic E-state index is 0.0144. The molecular formula is C23H18N4O3S. The smallest absolute Gasteiger partial charge is 0.321 e. The summed E-state index contributed by atoms with van der Waals surface area (Å²) in [6.45, 7) is 0. The molecule has 154 valence electrons. The van der Waals surface area contributed by atoms with Crippen molar-refractivity contribution in [3.63, 3.8) is 0 Å². The van der Waals surface area contributed by atoms with Gasteiger partial charge in [-0.2, -0.15) is 0 Å². The van der Waals surface area contributed by atoms with Crippen LogP contribution >= 0.6 is 11.8 Å². The van der Waals surface area contributed by atoms with E-state index in [4.69, 9.17) is 10.5 Å². The zero-order valence-electron chi connectivity index (χ0n) is 16.3. The topological polar surface area (TPSA) is 100 Å². The second-order valence-electron chi connectivity index (χ2n) is 6.50. The molecule has 31 heavy (non-hydrogen) atoms. The number of carbonyl (C=O) groups excluding carboxylic acids is 2. The number of hydrogen-bond donors (Lipinski definition) is 1. The molecule has 0 fully saturated rings. The number of hydrogen-bond acceptors (Lipinski definition) is 6. The molecule has 4 rings (SSSR count). The molecule has 0 radical (unpaired) electrons. The number of benzene rings is 3. The van der Waals surface area contributed by atoms with Crippen LogP contribution in [0.2, 0.25) is 0 Å². The summed E-state index contributed by atoms with van der Waals surface area (Å²) in [4.78, 5) is 23.7. The Morgan fingerprint density at radius 3 is 2.32 bits per heavy atom. The first kappa shape index (κ1) is 20.4. The van der Waals surface area contributed by atoms with Crippen LogP contribution in [0.15, 0.2) is 90.1 Å². The number of primary amides is 1. The Balaban J connectivity index is 1.55. The quantitative estimate of drug-likeness (QED) is 0.272. The average Bonchev–Trinajstić information content (AvgIpc) is 3.23. The van der Waals surface area contributed by atoms with Crippen LogP contribution in [0.4, 0.5) is 0 Å². The first-order chi connectivity index (χ1) is 15.1. The van der Waals surface area contributed by atoms with Crippen LogP contribution in [-0.2, 0) is 4.79 Å². The zero-order valence-corrected chi connectivity index (χ0v) is 17.2. The van der Waals surface area contributed by atoms with E-state index >= 15 is 0 Å². The van der Waals surface area contributed by atoms with E-state index in [0.29, 0.717) is 11.0 Å². The van der Waals surface area contributed by atoms with Gasteiger partial charge in [-0.3, -0.25) is 14.2 Å². The highest BCUT2D eigenvalue weighted by Gasteiger charge is 2.18. The number of aromatic nitrogens is 3. The highest BCUT2D eigenvalue weighted by atomic mass is 32.2. The summed E-state index contributed by atoms with van der Waals surface area (Å²) in [5.74, 6) is -0.110. The molecule has 7 nitrogen and oxygen atoms in total. The van der Waals surface area contributed by atoms with Crippen molar-refractivity contribution in [3.8, 4) is 22.8 Å². The molecule has 0 bridgehead atoms. The highest BCUT2D eigenvalue weighted by molar-refractivity contribution is 7.99. The standard InChI is InChI=1S/C23H18N4O3S/c24-21(29)17-10-7-13-19(14-17)30-20(28)15-31-23-26-25-22(16-8-3-1-4-9-16)27(23)18-11-5-2-6-12-18/h1-14H,15H2,(H2,24,29). The average molecular weight is 430 g/mol. The Bertz CT molecular complexity index is 1210. The fraction of sp³-hybridized carbons (Fsp3) is 0.0435. The number of nitrogens with two attached hydrogens (primary N) is 1. The van der Waals surface area contributed by atoms with Gasteiger partial charge in [-0.05, 0) is 30.3 Å². The van der Waals surface area contributed by atoms with E-state index in [-0.39, 0.29) is 17.1 Å². The highest BCUT2D eigenvalue weighted by Crippen LogP contribution is 2.28. The van der Waals surface area contributed by atoms with Crippen molar-refractivity contribution in [2.45, 2.75) is 5.16 Å². The molecular weight excluding hydrogens is 412 g/mol. The third-order valence-electron chi connectivity index (χ3n) is 4.35. The molecule has 1 amide bonds. The van der Waals surface area contributed by atoms with Crippen LogP contribution < -0.4 is 10.5 Å². The molecule has 0 aliphatic carbocycles. The maximum atomic E-state index is 12.4. The van der Waals surface area contributed by atoms with Crippen molar-refractivity contribution in [3.05, 3.63) is 90.5 Å². The maximum Gasteiger partial charge on any atom is 0.321 e. The van der Waals surface area contributed by atoms with E-state index in [1.165, 1.54) is 17.8 Å². The van der Waals surface area contributed by atoms with Crippen LogP contribution in [-0.4, -0.2) is 32.4 Å². The molecule has 0 saturated carbocycles. The van der Waals surface area contributed by atoms with Gasteiger partial charge in [0.15, 0.2) is 11.0 Å². The number of nitrogens with zero attached hydrogens (tertiary/aromatic N) is 3. The summed E-state index contributed by atoms with van der Waals surface area (Å²) >= 11 is 1.22. The van der Waals surface area contributed by atoms with Gasteiger partial charge in [-0.25, -0.2) is 0 Å². The minimum Gasteiger partial charge on any atom is -0.426 e. The Labute approximate surface area is 182 Å². The van der Waals surface area contributed by atoms with Gasteiger partial charge in [0.25, 0.3) is 0 Å². The monoisotopic (exact) mass is 430 g/mol. The molecule has 4 aromatic rings. The third-order valence-corrected chi connectivity index (χ3v) is 5.25. The number of carbonyl (C=O) groups is 2. The molecule has 2 N–H and O–H groups in total. The molecule has 8 heteroatoms. The van der Waals surface area contributed by atoms with Gasteiger partial charge < -0.3 is 10.5 Å². The van der Waals surface area contributed by atoms with E-state index in [1.54, 1.807) is 18.2 Å². The van der Waals surface area contributed by atoms with E-state index in [2.05, 4.69) is 10.2 Å². The van der Waals surface area contributed by atoms with Gasteiger partial charge in [0, 0.05) is 16.8 Å². The summed E-state index contributed by atoms with van der Waals surface area (Å²) in [5.41, 5.74) is 7.34. The van der Waals surface area contributed by atoms with Gasteiger partial charge in [0.2, 0.25) is 5.91 Å². The second-order valence-corrected chi connectivity index (χ2v) is 7.44. The van der Waals surface area contributed by atoms with Gasteiger partial charge in [-0.1, -0.05) is 66.4 Å². The Morgan fingerprint density at radius 1 is 0.903 bits per heavy atom. The number of rotatable bonds is 7. The van der Waals surface area contributed by atoms with Crippen LogP contribution in [0.25, 0.3) is 17.1 Å². The Morgan fingerprint density at radius 2 is 1.61 bits per heavy atom. The molecule has 0 unspecified atom stereocenters. The number of para-hydroxylation sites is 1. The SMILES string of the molecule is NC(=O)c1cccc(OC(=O)CSc2nnc(-c3ccccc3)n2-c2ccccc2)c1. The van der Waals surface area contributed by atoms with Crippen molar-refractivity contribution in [1.82, 2.24) is 14.8 Å². The predicted molar refractivity (Wildman–Crippen MR) is 118 cm³/mol. The van der Waals surface area contributed by atoms with Gasteiger partial charge >= 0.3 is 5.97 Å². The lowest BCUT2D eigenvalue weighted by molar-refractivity contribution is -0.131.